The highest BCUT2D eigenvalue weighted by molar-refractivity contribution is 9.09. The topological polar surface area (TPSA) is 0 Å². The van der Waals surface area contributed by atoms with E-state index in [-0.39, 0.29) is 0 Å². The van der Waals surface area contributed by atoms with Crippen LogP contribution in [0, 0.1) is 5.92 Å². The van der Waals surface area contributed by atoms with Crippen LogP contribution in [0.2, 0.25) is 0 Å². The summed E-state index contributed by atoms with van der Waals surface area (Å²) in [5.41, 5.74) is 0.292. The van der Waals surface area contributed by atoms with E-state index in [0.29, 0.717) is 10.2 Å². The molecular weight excluding hydrogens is 304 g/mol. The van der Waals surface area contributed by atoms with E-state index in [1.165, 1.54) is 48.3 Å². The molecule has 1 aliphatic rings. The van der Waals surface area contributed by atoms with Crippen LogP contribution in [0.4, 0.5) is 0 Å². The van der Waals surface area contributed by atoms with Crippen LogP contribution >= 0.6 is 27.3 Å². The van der Waals surface area contributed by atoms with Gasteiger partial charge in [-0.3, -0.25) is 0 Å². The van der Waals surface area contributed by atoms with Gasteiger partial charge in [-0.15, -0.1) is 11.3 Å². The molecule has 1 unspecified atom stereocenters. The van der Waals surface area contributed by atoms with Crippen molar-refractivity contribution in [2.24, 2.45) is 5.92 Å². The van der Waals surface area contributed by atoms with Gasteiger partial charge in [-0.25, -0.2) is 0 Å². The molecule has 0 nitrogen and oxygen atoms in total. The third-order valence-corrected chi connectivity index (χ3v) is 6.73. The smallest absolute Gasteiger partial charge is 0.0491 e. The lowest BCUT2D eigenvalue weighted by Crippen LogP contribution is -2.08. The first-order chi connectivity index (χ1) is 8.47. The Balaban J connectivity index is 1.96. The van der Waals surface area contributed by atoms with Crippen molar-refractivity contribution >= 4 is 27.3 Å². The van der Waals surface area contributed by atoms with Crippen LogP contribution in [-0.4, -0.2) is 0 Å². The lowest BCUT2D eigenvalue weighted by molar-refractivity contribution is 0.339. The number of thiophene rings is 1. The third kappa shape index (κ3) is 3.84. The van der Waals surface area contributed by atoms with Gasteiger partial charge in [-0.05, 0) is 29.9 Å². The van der Waals surface area contributed by atoms with Crippen molar-refractivity contribution in [3.8, 4) is 0 Å². The summed E-state index contributed by atoms with van der Waals surface area (Å²) in [5.74, 6) is 0.948. The summed E-state index contributed by atoms with van der Waals surface area (Å²) in [4.78, 5) is 3.60. The Bertz CT molecular complexity index is 369. The van der Waals surface area contributed by atoms with Crippen molar-refractivity contribution in [3.63, 3.8) is 0 Å². The molecule has 2 rings (SSSR count). The van der Waals surface area contributed by atoms with Gasteiger partial charge >= 0.3 is 0 Å². The van der Waals surface area contributed by atoms with Gasteiger partial charge in [-0.2, -0.15) is 0 Å². The van der Waals surface area contributed by atoms with Gasteiger partial charge in [0.05, 0.1) is 0 Å². The Morgan fingerprint density at radius 3 is 2.44 bits per heavy atom. The second kappa shape index (κ2) is 6.09. The molecule has 0 radical (unpaired) electrons. The molecular formula is C16H25BrS. The van der Waals surface area contributed by atoms with E-state index in [2.05, 4.69) is 48.8 Å². The minimum absolute atomic E-state index is 0.292. The summed E-state index contributed by atoms with van der Waals surface area (Å²) in [6.45, 7) is 6.90. The Hall–Kier alpha value is 0.180. The highest BCUT2D eigenvalue weighted by Crippen LogP contribution is 2.40. The second-order valence-corrected chi connectivity index (χ2v) is 8.88. The van der Waals surface area contributed by atoms with Gasteiger partial charge in [0.25, 0.3) is 0 Å². The van der Waals surface area contributed by atoms with E-state index in [9.17, 15) is 0 Å². The van der Waals surface area contributed by atoms with Gasteiger partial charge in [0.2, 0.25) is 0 Å². The zero-order valence-electron chi connectivity index (χ0n) is 11.8. The van der Waals surface area contributed by atoms with Crippen LogP contribution in [0.25, 0.3) is 0 Å². The molecule has 102 valence electrons. The first-order valence-corrected chi connectivity index (χ1v) is 8.94. The number of hydrogen-bond acceptors (Lipinski definition) is 1. The van der Waals surface area contributed by atoms with Crippen LogP contribution in [0.5, 0.6) is 0 Å². The first-order valence-electron chi connectivity index (χ1n) is 7.21. The molecule has 0 bridgehead atoms. The van der Waals surface area contributed by atoms with Gasteiger partial charge in [0.1, 0.15) is 0 Å². The Morgan fingerprint density at radius 1 is 1.22 bits per heavy atom. The van der Waals surface area contributed by atoms with Crippen LogP contribution in [-0.2, 0) is 5.41 Å². The van der Waals surface area contributed by atoms with Gasteiger partial charge in [0, 0.05) is 14.6 Å². The molecule has 0 aromatic carbocycles. The molecule has 1 aromatic rings. The normalized spacial score (nSPS) is 20.0. The number of halogens is 1. The van der Waals surface area contributed by atoms with Crippen LogP contribution < -0.4 is 0 Å². The highest BCUT2D eigenvalue weighted by Gasteiger charge is 2.22. The van der Waals surface area contributed by atoms with E-state index in [1.807, 2.05) is 11.3 Å². The molecule has 2 heteroatoms. The fourth-order valence-electron chi connectivity index (χ4n) is 2.76. The standard InChI is InChI=1S/C16H25BrS/c1-16(2,3)15-10-9-14(18-15)13(17)11-12-7-5-4-6-8-12/h9-10,12-13H,4-8,11H2,1-3H3. The van der Waals surface area contributed by atoms with E-state index >= 15 is 0 Å². The molecule has 1 heterocycles. The SMILES string of the molecule is CC(C)(C)c1ccc(C(Br)CC2CCCCC2)s1. The summed E-state index contributed by atoms with van der Waals surface area (Å²) in [6.07, 6.45) is 8.56. The Morgan fingerprint density at radius 2 is 1.89 bits per heavy atom. The maximum Gasteiger partial charge on any atom is 0.0491 e. The van der Waals surface area contributed by atoms with Gasteiger partial charge in [0.15, 0.2) is 0 Å². The van der Waals surface area contributed by atoms with Crippen LogP contribution in [0.15, 0.2) is 12.1 Å². The molecule has 0 aliphatic heterocycles. The number of hydrogen-bond donors (Lipinski definition) is 0. The maximum absolute atomic E-state index is 3.91. The number of alkyl halides is 1. The molecule has 1 aliphatic carbocycles. The molecule has 1 saturated carbocycles. The van der Waals surface area contributed by atoms with Crippen LogP contribution in [0.3, 0.4) is 0 Å². The second-order valence-electron chi connectivity index (χ2n) is 6.66. The summed E-state index contributed by atoms with van der Waals surface area (Å²) in [6, 6.07) is 4.64. The van der Waals surface area contributed by atoms with Gasteiger partial charge < -0.3 is 0 Å². The van der Waals surface area contributed by atoms with Crippen molar-refractivity contribution in [1.29, 1.82) is 0 Å². The molecule has 1 fully saturated rings. The van der Waals surface area contributed by atoms with Crippen molar-refractivity contribution in [1.82, 2.24) is 0 Å². The fraction of sp³-hybridized carbons (Fsp3) is 0.750. The summed E-state index contributed by atoms with van der Waals surface area (Å²) in [7, 11) is 0. The van der Waals surface area contributed by atoms with E-state index in [1.54, 1.807) is 0 Å². The quantitative estimate of drug-likeness (QED) is 0.559. The van der Waals surface area contributed by atoms with Crippen molar-refractivity contribution in [2.45, 2.75) is 69.5 Å². The monoisotopic (exact) mass is 328 g/mol. The minimum Gasteiger partial charge on any atom is -0.144 e. The minimum atomic E-state index is 0.292. The summed E-state index contributed by atoms with van der Waals surface area (Å²) >= 11 is 5.90. The molecule has 1 atom stereocenters. The fourth-order valence-corrected chi connectivity index (χ4v) is 4.77. The average molecular weight is 329 g/mol. The van der Waals surface area contributed by atoms with E-state index in [4.69, 9.17) is 0 Å². The molecule has 18 heavy (non-hydrogen) atoms. The molecule has 1 aromatic heterocycles. The zero-order valence-corrected chi connectivity index (χ0v) is 14.2. The Labute approximate surface area is 124 Å². The summed E-state index contributed by atoms with van der Waals surface area (Å²) in [5, 5.41) is 0. The predicted molar refractivity (Wildman–Crippen MR) is 85.9 cm³/mol. The van der Waals surface area contributed by atoms with E-state index in [0.717, 1.165) is 5.92 Å². The average Bonchev–Trinajstić information content (AvgIpc) is 2.79. The first kappa shape index (κ1) is 14.6. The van der Waals surface area contributed by atoms with Crippen molar-refractivity contribution in [2.75, 3.05) is 0 Å². The highest BCUT2D eigenvalue weighted by atomic mass is 79.9. The molecule has 0 amide bonds. The third-order valence-electron chi connectivity index (χ3n) is 3.94. The largest absolute Gasteiger partial charge is 0.144 e. The lowest BCUT2D eigenvalue weighted by atomic mass is 9.86. The maximum atomic E-state index is 3.91. The molecule has 0 spiro atoms. The van der Waals surface area contributed by atoms with Crippen LogP contribution in [0.1, 0.15) is 73.9 Å². The molecule has 0 saturated heterocycles. The van der Waals surface area contributed by atoms with Crippen molar-refractivity contribution < 1.29 is 0 Å². The predicted octanol–water partition coefficient (Wildman–Crippen LogP) is 6.45. The number of rotatable bonds is 3. The van der Waals surface area contributed by atoms with E-state index < -0.39 is 0 Å². The summed E-state index contributed by atoms with van der Waals surface area (Å²) < 4.78 is 0. The molecule has 0 N–H and O–H groups in total. The lowest BCUT2D eigenvalue weighted by Gasteiger charge is -2.23. The zero-order chi connectivity index (χ0) is 13.2. The van der Waals surface area contributed by atoms with Gasteiger partial charge in [-0.1, -0.05) is 68.8 Å². The Kier molecular flexibility index (Phi) is 4.93. The van der Waals surface area contributed by atoms with Crippen molar-refractivity contribution in [3.05, 3.63) is 21.9 Å².